The standard InChI is InChI=1S/C14H20N4/c1-10-5-6-12(9-11(10)2)14-16-13(7-8-15-3)17-18(14)4/h5-6,9,15H,7-8H2,1-4H3. The fourth-order valence-electron chi connectivity index (χ4n) is 1.91. The smallest absolute Gasteiger partial charge is 0.158 e. The number of rotatable bonds is 4. The molecule has 0 unspecified atom stereocenters. The third kappa shape index (κ3) is 2.59. The van der Waals surface area contributed by atoms with Crippen LogP contribution >= 0.6 is 0 Å². The molecule has 1 aromatic heterocycles. The summed E-state index contributed by atoms with van der Waals surface area (Å²) in [5, 5.41) is 7.55. The molecule has 2 aromatic rings. The van der Waals surface area contributed by atoms with Gasteiger partial charge in [-0.3, -0.25) is 0 Å². The largest absolute Gasteiger partial charge is 0.319 e. The van der Waals surface area contributed by atoms with Crippen LogP contribution in [0.25, 0.3) is 11.4 Å². The number of likely N-dealkylation sites (N-methyl/N-ethyl adjacent to an activating group) is 1. The SMILES string of the molecule is CNCCc1nc(-c2ccc(C)c(C)c2)n(C)n1. The molecule has 1 aromatic carbocycles. The van der Waals surface area contributed by atoms with Crippen LogP contribution in [0.4, 0.5) is 0 Å². The van der Waals surface area contributed by atoms with E-state index in [-0.39, 0.29) is 0 Å². The van der Waals surface area contributed by atoms with Gasteiger partial charge in [0.05, 0.1) is 0 Å². The maximum absolute atomic E-state index is 4.60. The van der Waals surface area contributed by atoms with Crippen molar-refractivity contribution in [2.24, 2.45) is 7.05 Å². The zero-order valence-electron chi connectivity index (χ0n) is 11.5. The van der Waals surface area contributed by atoms with E-state index in [9.17, 15) is 0 Å². The zero-order valence-corrected chi connectivity index (χ0v) is 11.5. The molecular weight excluding hydrogens is 224 g/mol. The predicted octanol–water partition coefficient (Wildman–Crippen LogP) is 1.86. The van der Waals surface area contributed by atoms with Crippen LogP contribution in [0.15, 0.2) is 18.2 Å². The monoisotopic (exact) mass is 244 g/mol. The van der Waals surface area contributed by atoms with Crippen molar-refractivity contribution in [3.05, 3.63) is 35.2 Å². The van der Waals surface area contributed by atoms with Gasteiger partial charge in [0.15, 0.2) is 11.6 Å². The lowest BCUT2D eigenvalue weighted by Crippen LogP contribution is -2.11. The summed E-state index contributed by atoms with van der Waals surface area (Å²) in [6.45, 7) is 5.14. The summed E-state index contributed by atoms with van der Waals surface area (Å²) >= 11 is 0. The van der Waals surface area contributed by atoms with Gasteiger partial charge >= 0.3 is 0 Å². The Bertz CT molecular complexity index is 543. The Labute approximate surface area is 108 Å². The molecule has 0 spiro atoms. The van der Waals surface area contributed by atoms with E-state index in [2.05, 4.69) is 47.4 Å². The van der Waals surface area contributed by atoms with Crippen molar-refractivity contribution in [1.82, 2.24) is 20.1 Å². The van der Waals surface area contributed by atoms with Crippen LogP contribution in [0.1, 0.15) is 17.0 Å². The topological polar surface area (TPSA) is 42.7 Å². The fraction of sp³-hybridized carbons (Fsp3) is 0.429. The van der Waals surface area contributed by atoms with E-state index < -0.39 is 0 Å². The van der Waals surface area contributed by atoms with Crippen molar-refractivity contribution >= 4 is 0 Å². The van der Waals surface area contributed by atoms with Gasteiger partial charge in [0.25, 0.3) is 0 Å². The first-order valence-corrected chi connectivity index (χ1v) is 6.24. The molecule has 96 valence electrons. The van der Waals surface area contributed by atoms with E-state index >= 15 is 0 Å². The summed E-state index contributed by atoms with van der Waals surface area (Å²) < 4.78 is 1.86. The Morgan fingerprint density at radius 3 is 2.67 bits per heavy atom. The van der Waals surface area contributed by atoms with Gasteiger partial charge in [-0.05, 0) is 38.1 Å². The Morgan fingerprint density at radius 1 is 1.22 bits per heavy atom. The maximum atomic E-state index is 4.60. The highest BCUT2D eigenvalue weighted by Gasteiger charge is 2.09. The number of hydrogen-bond acceptors (Lipinski definition) is 3. The molecule has 0 atom stereocenters. The third-order valence-electron chi connectivity index (χ3n) is 3.17. The molecule has 0 radical (unpaired) electrons. The molecule has 0 amide bonds. The van der Waals surface area contributed by atoms with E-state index in [0.717, 1.165) is 30.2 Å². The van der Waals surface area contributed by atoms with Crippen molar-refractivity contribution in [2.75, 3.05) is 13.6 Å². The highest BCUT2D eigenvalue weighted by molar-refractivity contribution is 5.57. The highest BCUT2D eigenvalue weighted by atomic mass is 15.3. The molecule has 0 fully saturated rings. The van der Waals surface area contributed by atoms with Crippen LogP contribution in [0.5, 0.6) is 0 Å². The molecule has 18 heavy (non-hydrogen) atoms. The van der Waals surface area contributed by atoms with Crippen LogP contribution in [-0.2, 0) is 13.5 Å². The maximum Gasteiger partial charge on any atom is 0.158 e. The summed E-state index contributed by atoms with van der Waals surface area (Å²) in [5.41, 5.74) is 3.72. The van der Waals surface area contributed by atoms with Gasteiger partial charge in [0.1, 0.15) is 0 Å². The van der Waals surface area contributed by atoms with Crippen LogP contribution < -0.4 is 5.32 Å². The van der Waals surface area contributed by atoms with Crippen LogP contribution in [0, 0.1) is 13.8 Å². The Morgan fingerprint density at radius 2 is 2.00 bits per heavy atom. The second-order valence-corrected chi connectivity index (χ2v) is 4.63. The molecule has 1 heterocycles. The minimum absolute atomic E-state index is 0.856. The fourth-order valence-corrected chi connectivity index (χ4v) is 1.91. The lowest BCUT2D eigenvalue weighted by Gasteiger charge is -2.04. The molecule has 1 N–H and O–H groups in total. The zero-order chi connectivity index (χ0) is 13.1. The Kier molecular flexibility index (Phi) is 3.77. The van der Waals surface area contributed by atoms with E-state index in [4.69, 9.17) is 0 Å². The van der Waals surface area contributed by atoms with Gasteiger partial charge in [0.2, 0.25) is 0 Å². The molecular formula is C14H20N4. The van der Waals surface area contributed by atoms with E-state index in [1.165, 1.54) is 11.1 Å². The summed E-state index contributed by atoms with van der Waals surface area (Å²) in [7, 11) is 3.88. The second kappa shape index (κ2) is 5.31. The molecule has 2 rings (SSSR count). The second-order valence-electron chi connectivity index (χ2n) is 4.63. The van der Waals surface area contributed by atoms with E-state index in [0.29, 0.717) is 0 Å². The third-order valence-corrected chi connectivity index (χ3v) is 3.17. The first-order chi connectivity index (χ1) is 8.61. The molecule has 0 saturated heterocycles. The van der Waals surface area contributed by atoms with Gasteiger partial charge in [0, 0.05) is 25.6 Å². The van der Waals surface area contributed by atoms with Gasteiger partial charge in [-0.2, -0.15) is 5.10 Å². The summed E-state index contributed by atoms with van der Waals surface area (Å²) in [6.07, 6.45) is 0.856. The number of hydrogen-bond donors (Lipinski definition) is 1. The number of aromatic nitrogens is 3. The normalized spacial score (nSPS) is 10.9. The average Bonchev–Trinajstić information content (AvgIpc) is 2.71. The summed E-state index contributed by atoms with van der Waals surface area (Å²) in [6, 6.07) is 6.40. The van der Waals surface area contributed by atoms with Gasteiger partial charge in [-0.15, -0.1) is 0 Å². The molecule has 0 aliphatic carbocycles. The first-order valence-electron chi connectivity index (χ1n) is 6.24. The quantitative estimate of drug-likeness (QED) is 0.892. The summed E-state index contributed by atoms with van der Waals surface area (Å²) in [5.74, 6) is 1.82. The molecule has 4 heteroatoms. The lowest BCUT2D eigenvalue weighted by molar-refractivity contribution is 0.717. The number of nitrogens with one attached hydrogen (secondary N) is 1. The van der Waals surface area contributed by atoms with Crippen LogP contribution in [-0.4, -0.2) is 28.4 Å². The highest BCUT2D eigenvalue weighted by Crippen LogP contribution is 2.20. The summed E-state index contributed by atoms with van der Waals surface area (Å²) in [4.78, 5) is 4.60. The minimum Gasteiger partial charge on any atom is -0.319 e. The molecule has 0 saturated carbocycles. The molecule has 0 bridgehead atoms. The number of benzene rings is 1. The van der Waals surface area contributed by atoms with Gasteiger partial charge in [-0.25, -0.2) is 9.67 Å². The molecule has 0 aliphatic heterocycles. The van der Waals surface area contributed by atoms with Gasteiger partial charge in [-0.1, -0.05) is 12.1 Å². The van der Waals surface area contributed by atoms with Gasteiger partial charge < -0.3 is 5.32 Å². The molecule has 4 nitrogen and oxygen atoms in total. The van der Waals surface area contributed by atoms with Crippen molar-refractivity contribution in [3.8, 4) is 11.4 Å². The molecule has 0 aliphatic rings. The van der Waals surface area contributed by atoms with Crippen molar-refractivity contribution in [3.63, 3.8) is 0 Å². The average molecular weight is 244 g/mol. The number of aryl methyl sites for hydroxylation is 3. The van der Waals surface area contributed by atoms with E-state index in [1.807, 2.05) is 18.8 Å². The van der Waals surface area contributed by atoms with E-state index in [1.54, 1.807) is 0 Å². The lowest BCUT2D eigenvalue weighted by atomic mass is 10.1. The Hall–Kier alpha value is -1.68. The predicted molar refractivity (Wildman–Crippen MR) is 73.5 cm³/mol. The van der Waals surface area contributed by atoms with Crippen molar-refractivity contribution in [2.45, 2.75) is 20.3 Å². The Balaban J connectivity index is 2.32. The van der Waals surface area contributed by atoms with Crippen molar-refractivity contribution < 1.29 is 0 Å². The number of nitrogens with zero attached hydrogens (tertiary/aromatic N) is 3. The van der Waals surface area contributed by atoms with Crippen LogP contribution in [0.3, 0.4) is 0 Å². The minimum atomic E-state index is 0.856. The van der Waals surface area contributed by atoms with Crippen molar-refractivity contribution in [1.29, 1.82) is 0 Å². The van der Waals surface area contributed by atoms with Crippen LogP contribution in [0.2, 0.25) is 0 Å². The first kappa shape index (κ1) is 12.8.